The summed E-state index contributed by atoms with van der Waals surface area (Å²) >= 11 is 0. The van der Waals surface area contributed by atoms with Crippen LogP contribution in [0.15, 0.2) is 19.2 Å². The van der Waals surface area contributed by atoms with Crippen molar-refractivity contribution in [1.29, 1.82) is 0 Å². The van der Waals surface area contributed by atoms with Crippen molar-refractivity contribution in [1.82, 2.24) is 19.5 Å². The van der Waals surface area contributed by atoms with E-state index in [-0.39, 0.29) is 17.5 Å². The Morgan fingerprint density at radius 2 is 1.57 bits per heavy atom. The molecule has 2 aromatic heterocycles. The van der Waals surface area contributed by atoms with Gasteiger partial charge in [-0.3, -0.25) is 14.6 Å². The molecule has 112 valence electrons. The first-order chi connectivity index (χ1) is 9.85. The van der Waals surface area contributed by atoms with Gasteiger partial charge in [0.05, 0.1) is 0 Å². The van der Waals surface area contributed by atoms with E-state index >= 15 is 0 Å². The highest BCUT2D eigenvalue weighted by molar-refractivity contribution is 5.27. The molecule has 0 atom stereocenters. The standard InChI is InChI=1S/C12H14N4O5/c1-5-7(9(18)15-11(20)13-5)3-8-6(2)14-12(21)16(4-17)10(8)19/h17H,3-4H2,1-2H3,(H,14,21)(H2,13,15,18,20). The first kappa shape index (κ1) is 14.7. The van der Waals surface area contributed by atoms with Crippen LogP contribution in [0.25, 0.3) is 0 Å². The molecule has 0 amide bonds. The van der Waals surface area contributed by atoms with E-state index in [0.29, 0.717) is 16.0 Å². The van der Waals surface area contributed by atoms with E-state index in [1.807, 2.05) is 0 Å². The first-order valence-corrected chi connectivity index (χ1v) is 6.10. The van der Waals surface area contributed by atoms with Crippen molar-refractivity contribution >= 4 is 0 Å². The van der Waals surface area contributed by atoms with Crippen molar-refractivity contribution in [3.63, 3.8) is 0 Å². The van der Waals surface area contributed by atoms with Crippen LogP contribution in [0.2, 0.25) is 0 Å². The Bertz CT molecular complexity index is 915. The van der Waals surface area contributed by atoms with Gasteiger partial charge in [0.1, 0.15) is 6.73 Å². The Kier molecular flexibility index (Phi) is 3.76. The molecule has 0 aromatic carbocycles. The van der Waals surface area contributed by atoms with E-state index in [0.717, 1.165) is 0 Å². The zero-order valence-electron chi connectivity index (χ0n) is 11.4. The Hall–Kier alpha value is -2.68. The van der Waals surface area contributed by atoms with Crippen LogP contribution >= 0.6 is 0 Å². The van der Waals surface area contributed by atoms with Crippen molar-refractivity contribution in [2.24, 2.45) is 0 Å². The average molecular weight is 294 g/mol. The molecule has 0 fully saturated rings. The molecule has 0 saturated heterocycles. The van der Waals surface area contributed by atoms with Crippen molar-refractivity contribution in [2.75, 3.05) is 0 Å². The maximum absolute atomic E-state index is 12.1. The first-order valence-electron chi connectivity index (χ1n) is 6.10. The monoisotopic (exact) mass is 294 g/mol. The van der Waals surface area contributed by atoms with Gasteiger partial charge in [0.2, 0.25) is 0 Å². The van der Waals surface area contributed by atoms with Crippen LogP contribution in [0.4, 0.5) is 0 Å². The van der Waals surface area contributed by atoms with Crippen LogP contribution in [0.3, 0.4) is 0 Å². The van der Waals surface area contributed by atoms with Crippen molar-refractivity contribution < 1.29 is 5.11 Å². The van der Waals surface area contributed by atoms with Crippen LogP contribution in [0.5, 0.6) is 0 Å². The molecule has 0 radical (unpaired) electrons. The molecule has 0 saturated carbocycles. The zero-order chi connectivity index (χ0) is 15.7. The predicted octanol–water partition coefficient (Wildman–Crippen LogP) is -1.93. The summed E-state index contributed by atoms with van der Waals surface area (Å²) in [4.78, 5) is 53.5. The molecule has 2 heterocycles. The number of rotatable bonds is 3. The topological polar surface area (TPSA) is 141 Å². The molecular weight excluding hydrogens is 280 g/mol. The summed E-state index contributed by atoms with van der Waals surface area (Å²) in [6.07, 6.45) is -0.0700. The second-order valence-electron chi connectivity index (χ2n) is 4.60. The Balaban J connectivity index is 2.66. The van der Waals surface area contributed by atoms with Crippen LogP contribution < -0.4 is 22.5 Å². The number of aliphatic hydroxyl groups excluding tert-OH is 1. The highest BCUT2D eigenvalue weighted by atomic mass is 16.3. The molecule has 4 N–H and O–H groups in total. The quantitative estimate of drug-likeness (QED) is 0.522. The Morgan fingerprint density at radius 3 is 2.14 bits per heavy atom. The SMILES string of the molecule is Cc1[nH]c(=O)[nH]c(=O)c1Cc1c(C)[nH]c(=O)n(CO)c1=O. The van der Waals surface area contributed by atoms with Gasteiger partial charge in [-0.1, -0.05) is 0 Å². The third-order valence-corrected chi connectivity index (χ3v) is 3.25. The number of aromatic nitrogens is 4. The van der Waals surface area contributed by atoms with E-state index in [1.54, 1.807) is 0 Å². The summed E-state index contributed by atoms with van der Waals surface area (Å²) in [5.41, 5.74) is -1.61. The summed E-state index contributed by atoms with van der Waals surface area (Å²) in [6.45, 7) is 2.30. The summed E-state index contributed by atoms with van der Waals surface area (Å²) in [5.74, 6) is 0. The molecule has 0 spiro atoms. The molecule has 2 aromatic rings. The lowest BCUT2D eigenvalue weighted by atomic mass is 10.1. The number of hydrogen-bond acceptors (Lipinski definition) is 5. The Morgan fingerprint density at radius 1 is 0.952 bits per heavy atom. The zero-order valence-corrected chi connectivity index (χ0v) is 11.4. The molecule has 0 aliphatic heterocycles. The van der Waals surface area contributed by atoms with Gasteiger partial charge >= 0.3 is 11.4 Å². The lowest BCUT2D eigenvalue weighted by Crippen LogP contribution is -2.39. The summed E-state index contributed by atoms with van der Waals surface area (Å²) < 4.78 is 0.623. The third kappa shape index (κ3) is 2.63. The van der Waals surface area contributed by atoms with E-state index in [9.17, 15) is 19.2 Å². The fraction of sp³-hybridized carbons (Fsp3) is 0.333. The fourth-order valence-electron chi connectivity index (χ4n) is 2.07. The number of hydrogen-bond donors (Lipinski definition) is 4. The number of nitrogens with zero attached hydrogens (tertiary/aromatic N) is 1. The molecule has 0 aliphatic carbocycles. The van der Waals surface area contributed by atoms with E-state index in [4.69, 9.17) is 5.11 Å². The minimum Gasteiger partial charge on any atom is -0.376 e. The third-order valence-electron chi connectivity index (χ3n) is 3.25. The molecular formula is C12H14N4O5. The highest BCUT2D eigenvalue weighted by Crippen LogP contribution is 2.05. The second kappa shape index (κ2) is 5.37. The Labute approximate surface area is 116 Å². The van der Waals surface area contributed by atoms with Gasteiger partial charge in [-0.25, -0.2) is 14.2 Å². The largest absolute Gasteiger partial charge is 0.376 e. The van der Waals surface area contributed by atoms with Crippen LogP contribution in [-0.2, 0) is 13.2 Å². The van der Waals surface area contributed by atoms with Gasteiger partial charge in [-0.05, 0) is 13.8 Å². The maximum Gasteiger partial charge on any atom is 0.330 e. The molecule has 2 rings (SSSR count). The van der Waals surface area contributed by atoms with E-state index in [2.05, 4.69) is 15.0 Å². The smallest absolute Gasteiger partial charge is 0.330 e. The number of aromatic amines is 3. The summed E-state index contributed by atoms with van der Waals surface area (Å²) in [7, 11) is 0. The minimum atomic E-state index is -0.761. The predicted molar refractivity (Wildman–Crippen MR) is 73.5 cm³/mol. The number of aryl methyl sites for hydroxylation is 2. The average Bonchev–Trinajstić information content (AvgIpc) is 2.36. The van der Waals surface area contributed by atoms with E-state index in [1.165, 1.54) is 13.8 Å². The molecule has 9 nitrogen and oxygen atoms in total. The van der Waals surface area contributed by atoms with Crippen molar-refractivity contribution in [3.05, 3.63) is 64.2 Å². The van der Waals surface area contributed by atoms with Gasteiger partial charge < -0.3 is 15.1 Å². The van der Waals surface area contributed by atoms with Gasteiger partial charge in [-0.15, -0.1) is 0 Å². The molecule has 9 heteroatoms. The van der Waals surface area contributed by atoms with Crippen LogP contribution in [0, 0.1) is 13.8 Å². The molecule has 0 bridgehead atoms. The van der Waals surface area contributed by atoms with Crippen LogP contribution in [-0.4, -0.2) is 24.6 Å². The molecule has 0 unspecified atom stereocenters. The summed E-state index contributed by atoms with van der Waals surface area (Å²) in [6, 6.07) is 0. The minimum absolute atomic E-state index is 0.0700. The van der Waals surface area contributed by atoms with Crippen molar-refractivity contribution in [3.8, 4) is 0 Å². The second-order valence-corrected chi connectivity index (χ2v) is 4.60. The number of aliphatic hydroxyl groups is 1. The molecule has 0 aliphatic rings. The number of nitrogens with one attached hydrogen (secondary N) is 3. The van der Waals surface area contributed by atoms with Crippen LogP contribution in [0.1, 0.15) is 22.5 Å². The summed E-state index contributed by atoms with van der Waals surface area (Å²) in [5, 5.41) is 9.05. The fourth-order valence-corrected chi connectivity index (χ4v) is 2.07. The number of H-pyrrole nitrogens is 3. The lowest BCUT2D eigenvalue weighted by Gasteiger charge is -2.09. The van der Waals surface area contributed by atoms with Gasteiger partial charge in [0.25, 0.3) is 11.1 Å². The highest BCUT2D eigenvalue weighted by Gasteiger charge is 2.15. The normalized spacial score (nSPS) is 10.8. The maximum atomic E-state index is 12.1. The lowest BCUT2D eigenvalue weighted by molar-refractivity contribution is 0.199. The van der Waals surface area contributed by atoms with Crippen molar-refractivity contribution in [2.45, 2.75) is 27.0 Å². The van der Waals surface area contributed by atoms with Gasteiger partial charge in [-0.2, -0.15) is 0 Å². The van der Waals surface area contributed by atoms with E-state index < -0.39 is 29.2 Å². The molecule has 21 heavy (non-hydrogen) atoms. The van der Waals surface area contributed by atoms with Gasteiger partial charge in [0, 0.05) is 28.9 Å². The van der Waals surface area contributed by atoms with Gasteiger partial charge in [0.15, 0.2) is 0 Å².